The zero-order chi connectivity index (χ0) is 21.2. The van der Waals surface area contributed by atoms with Gasteiger partial charge in [-0.3, -0.25) is 9.59 Å². The van der Waals surface area contributed by atoms with Gasteiger partial charge in [0.25, 0.3) is 0 Å². The maximum Gasteiger partial charge on any atom is 0.242 e. The number of thioether (sulfide) groups is 1. The van der Waals surface area contributed by atoms with Gasteiger partial charge in [-0.05, 0) is 41.8 Å². The van der Waals surface area contributed by atoms with Gasteiger partial charge in [-0.15, -0.1) is 11.8 Å². The molecule has 0 unspecified atom stereocenters. The summed E-state index contributed by atoms with van der Waals surface area (Å²) in [6.45, 7) is 2.13. The number of nitrogens with one attached hydrogen (secondary N) is 1. The summed E-state index contributed by atoms with van der Waals surface area (Å²) in [5.41, 5.74) is 1.87. The molecule has 0 spiro atoms. The van der Waals surface area contributed by atoms with Crippen molar-refractivity contribution in [2.75, 3.05) is 19.9 Å². The molecule has 1 atom stereocenters. The van der Waals surface area contributed by atoms with E-state index in [1.54, 1.807) is 31.2 Å². The van der Waals surface area contributed by atoms with Crippen molar-refractivity contribution in [1.82, 2.24) is 10.2 Å². The zero-order valence-corrected chi connectivity index (χ0v) is 17.8. The van der Waals surface area contributed by atoms with E-state index in [2.05, 4.69) is 5.32 Å². The number of likely N-dealkylation sites (N-methyl/N-ethyl adjacent to an activating group) is 1. The number of benzene rings is 2. The van der Waals surface area contributed by atoms with Crippen molar-refractivity contribution in [3.63, 3.8) is 0 Å². The topological polar surface area (TPSA) is 58.6 Å². The van der Waals surface area contributed by atoms with Crippen LogP contribution in [0.2, 0.25) is 0 Å². The molecule has 156 valence electrons. The van der Waals surface area contributed by atoms with Gasteiger partial charge < -0.3 is 15.0 Å². The fourth-order valence-electron chi connectivity index (χ4n) is 2.93. The normalized spacial score (nSPS) is 11.6. The third-order valence-corrected chi connectivity index (χ3v) is 5.54. The second-order valence-electron chi connectivity index (χ2n) is 6.53. The van der Waals surface area contributed by atoms with Crippen molar-refractivity contribution in [3.8, 4) is 5.75 Å². The van der Waals surface area contributed by atoms with Crippen LogP contribution in [0.25, 0.3) is 0 Å². The first-order valence-electron chi connectivity index (χ1n) is 9.44. The molecule has 2 aromatic rings. The van der Waals surface area contributed by atoms with E-state index in [1.165, 1.54) is 23.9 Å². The van der Waals surface area contributed by atoms with Gasteiger partial charge in [-0.25, -0.2) is 4.39 Å². The Labute approximate surface area is 175 Å². The summed E-state index contributed by atoms with van der Waals surface area (Å²) in [5, 5.41) is 2.63. The van der Waals surface area contributed by atoms with Crippen LogP contribution < -0.4 is 10.1 Å². The summed E-state index contributed by atoms with van der Waals surface area (Å²) in [6.07, 6.45) is 0.496. The summed E-state index contributed by atoms with van der Waals surface area (Å²) in [7, 11) is 3.18. The fourth-order valence-corrected chi connectivity index (χ4v) is 3.80. The molecular weight excluding hydrogens is 391 g/mol. The van der Waals surface area contributed by atoms with E-state index >= 15 is 0 Å². The number of hydrogen-bond donors (Lipinski definition) is 1. The van der Waals surface area contributed by atoms with E-state index in [0.717, 1.165) is 16.9 Å². The molecule has 0 aromatic heterocycles. The number of nitrogens with zero attached hydrogens (tertiary/aromatic N) is 1. The van der Waals surface area contributed by atoms with Gasteiger partial charge >= 0.3 is 0 Å². The summed E-state index contributed by atoms with van der Waals surface area (Å²) >= 11 is 1.49. The first kappa shape index (κ1) is 22.7. The van der Waals surface area contributed by atoms with Gasteiger partial charge in [0.15, 0.2) is 0 Å². The minimum absolute atomic E-state index is 0.122. The maximum atomic E-state index is 13.2. The van der Waals surface area contributed by atoms with E-state index in [-0.39, 0.29) is 29.9 Å². The van der Waals surface area contributed by atoms with Gasteiger partial charge in [-0.1, -0.05) is 31.2 Å². The van der Waals surface area contributed by atoms with Crippen LogP contribution in [0.4, 0.5) is 4.39 Å². The molecule has 29 heavy (non-hydrogen) atoms. The predicted molar refractivity (Wildman–Crippen MR) is 114 cm³/mol. The fraction of sp³-hybridized carbons (Fsp3) is 0.364. The molecule has 5 nitrogen and oxygen atoms in total. The highest BCUT2D eigenvalue weighted by Crippen LogP contribution is 2.19. The van der Waals surface area contributed by atoms with E-state index < -0.39 is 6.04 Å². The minimum atomic E-state index is -0.570. The van der Waals surface area contributed by atoms with Crippen molar-refractivity contribution in [1.29, 1.82) is 0 Å². The van der Waals surface area contributed by atoms with E-state index in [0.29, 0.717) is 12.2 Å². The molecule has 1 N–H and O–H groups in total. The molecule has 0 radical (unpaired) electrons. The molecule has 0 aliphatic carbocycles. The third kappa shape index (κ3) is 6.78. The standard InChI is InChI=1S/C22H27FN2O3S/c1-4-20(22(27)24-2)25(13-16-5-9-18(23)10-6-16)21(26)15-29-14-17-7-11-19(28-3)12-8-17/h5-12,20H,4,13-15H2,1-3H3,(H,24,27)/t20-/m1/s1. The molecule has 2 aromatic carbocycles. The number of rotatable bonds is 10. The smallest absolute Gasteiger partial charge is 0.242 e. The molecule has 0 fully saturated rings. The quantitative estimate of drug-likeness (QED) is 0.640. The Morgan fingerprint density at radius 2 is 1.72 bits per heavy atom. The molecule has 2 amide bonds. The number of halogens is 1. The summed E-state index contributed by atoms with van der Waals surface area (Å²) in [5.74, 6) is 1.06. The predicted octanol–water partition coefficient (Wildman–Crippen LogP) is 3.62. The second kappa shape index (κ2) is 11.5. The van der Waals surface area contributed by atoms with Crippen LogP contribution in [0.15, 0.2) is 48.5 Å². The first-order chi connectivity index (χ1) is 14.0. The average Bonchev–Trinajstić information content (AvgIpc) is 2.75. The summed E-state index contributed by atoms with van der Waals surface area (Å²) < 4.78 is 18.4. The average molecular weight is 419 g/mol. The molecule has 0 aliphatic heterocycles. The van der Waals surface area contributed by atoms with Crippen LogP contribution in [0.1, 0.15) is 24.5 Å². The zero-order valence-electron chi connectivity index (χ0n) is 17.0. The van der Waals surface area contributed by atoms with Crippen LogP contribution in [0.3, 0.4) is 0 Å². The van der Waals surface area contributed by atoms with Gasteiger partial charge in [0.2, 0.25) is 11.8 Å². The minimum Gasteiger partial charge on any atom is -0.497 e. The van der Waals surface area contributed by atoms with Crippen LogP contribution in [0, 0.1) is 5.82 Å². The number of carbonyl (C=O) groups excluding carboxylic acids is 2. The van der Waals surface area contributed by atoms with Gasteiger partial charge in [-0.2, -0.15) is 0 Å². The lowest BCUT2D eigenvalue weighted by Crippen LogP contribution is -2.48. The number of hydrogen-bond acceptors (Lipinski definition) is 4. The number of methoxy groups -OCH3 is 1. The van der Waals surface area contributed by atoms with Crippen molar-refractivity contribution in [3.05, 3.63) is 65.5 Å². The molecule has 7 heteroatoms. The number of amides is 2. The largest absolute Gasteiger partial charge is 0.497 e. The Morgan fingerprint density at radius 3 is 2.28 bits per heavy atom. The Hall–Kier alpha value is -2.54. The van der Waals surface area contributed by atoms with Crippen molar-refractivity contribution < 1.29 is 18.7 Å². The van der Waals surface area contributed by atoms with E-state index in [4.69, 9.17) is 4.74 Å². The summed E-state index contributed by atoms with van der Waals surface area (Å²) in [4.78, 5) is 26.8. The van der Waals surface area contributed by atoms with E-state index in [9.17, 15) is 14.0 Å². The molecule has 0 saturated heterocycles. The van der Waals surface area contributed by atoms with Crippen LogP contribution in [-0.2, 0) is 21.9 Å². The lowest BCUT2D eigenvalue weighted by Gasteiger charge is -2.30. The van der Waals surface area contributed by atoms with E-state index in [1.807, 2.05) is 31.2 Å². The van der Waals surface area contributed by atoms with Gasteiger partial charge in [0, 0.05) is 19.3 Å². The highest BCUT2D eigenvalue weighted by atomic mass is 32.2. The lowest BCUT2D eigenvalue weighted by atomic mass is 10.1. The SMILES string of the molecule is CC[C@H](C(=O)NC)N(Cc1ccc(F)cc1)C(=O)CSCc1ccc(OC)cc1. The van der Waals surface area contributed by atoms with Crippen molar-refractivity contribution >= 4 is 23.6 Å². The Morgan fingerprint density at radius 1 is 1.10 bits per heavy atom. The first-order valence-corrected chi connectivity index (χ1v) is 10.6. The molecular formula is C22H27FN2O3S. The maximum absolute atomic E-state index is 13.2. The van der Waals surface area contributed by atoms with Gasteiger partial charge in [0.05, 0.1) is 12.9 Å². The Balaban J connectivity index is 2.05. The number of ether oxygens (including phenoxy) is 1. The molecule has 2 rings (SSSR count). The number of carbonyl (C=O) groups is 2. The summed E-state index contributed by atoms with van der Waals surface area (Å²) in [6, 6.07) is 13.1. The van der Waals surface area contributed by atoms with Gasteiger partial charge in [0.1, 0.15) is 17.6 Å². The Bertz CT molecular complexity index is 797. The van der Waals surface area contributed by atoms with Crippen molar-refractivity contribution in [2.24, 2.45) is 0 Å². The third-order valence-electron chi connectivity index (χ3n) is 4.55. The van der Waals surface area contributed by atoms with Crippen LogP contribution in [-0.4, -0.2) is 42.7 Å². The molecule has 0 heterocycles. The highest BCUT2D eigenvalue weighted by molar-refractivity contribution is 7.99. The second-order valence-corrected chi connectivity index (χ2v) is 7.51. The highest BCUT2D eigenvalue weighted by Gasteiger charge is 2.27. The van der Waals surface area contributed by atoms with Crippen molar-refractivity contribution in [2.45, 2.75) is 31.7 Å². The monoisotopic (exact) mass is 418 g/mol. The molecule has 0 bridgehead atoms. The lowest BCUT2D eigenvalue weighted by molar-refractivity contribution is -0.139. The van der Waals surface area contributed by atoms with Crippen LogP contribution >= 0.6 is 11.8 Å². The Kier molecular flexibility index (Phi) is 8.99. The molecule has 0 aliphatic rings. The molecule has 0 saturated carbocycles. The van der Waals surface area contributed by atoms with Crippen LogP contribution in [0.5, 0.6) is 5.75 Å².